The van der Waals surface area contributed by atoms with E-state index in [9.17, 15) is 8.42 Å². The fraction of sp³-hybridized carbons (Fsp3) is 0.462. The minimum atomic E-state index is -3.69. The molecule has 0 heterocycles. The molecule has 0 aromatic heterocycles. The molecule has 3 N–H and O–H groups in total. The molecule has 1 aromatic carbocycles. The molecule has 0 aliphatic heterocycles. The predicted molar refractivity (Wildman–Crippen MR) is 78.0 cm³/mol. The molecule has 1 rings (SSSR count). The standard InChI is InChI=1S/C13H21N3O3S/c1-4-10(2)12(13(14)15-17)16(3)20(18,19)11-8-6-5-7-9-11/h5-10,12,17H,4H2,1-3H3,(H2,14,15)/t10?,12-/m0/s1. The summed E-state index contributed by atoms with van der Waals surface area (Å²) in [7, 11) is -2.25. The van der Waals surface area contributed by atoms with Gasteiger partial charge in [-0.15, -0.1) is 0 Å². The Morgan fingerprint density at radius 3 is 2.40 bits per heavy atom. The van der Waals surface area contributed by atoms with Crippen LogP contribution >= 0.6 is 0 Å². The summed E-state index contributed by atoms with van der Waals surface area (Å²) in [6.07, 6.45) is 0.704. The van der Waals surface area contributed by atoms with Gasteiger partial charge in [0.15, 0.2) is 5.84 Å². The largest absolute Gasteiger partial charge is 0.409 e. The molecule has 0 radical (unpaired) electrons. The maximum Gasteiger partial charge on any atom is 0.243 e. The van der Waals surface area contributed by atoms with Crippen LogP contribution in [-0.2, 0) is 10.0 Å². The number of sulfonamides is 1. The summed E-state index contributed by atoms with van der Waals surface area (Å²) in [5, 5.41) is 11.9. The smallest absolute Gasteiger partial charge is 0.243 e. The summed E-state index contributed by atoms with van der Waals surface area (Å²) in [5.41, 5.74) is 5.66. The topological polar surface area (TPSA) is 96.0 Å². The molecular formula is C13H21N3O3S. The third-order valence-corrected chi connectivity index (χ3v) is 5.27. The molecule has 0 fully saturated rings. The highest BCUT2D eigenvalue weighted by Crippen LogP contribution is 2.21. The lowest BCUT2D eigenvalue weighted by atomic mass is 9.98. The fourth-order valence-corrected chi connectivity index (χ4v) is 3.48. The first-order chi connectivity index (χ1) is 9.36. The van der Waals surface area contributed by atoms with Gasteiger partial charge in [0.1, 0.15) is 0 Å². The molecule has 7 heteroatoms. The summed E-state index contributed by atoms with van der Waals surface area (Å²) >= 11 is 0. The van der Waals surface area contributed by atoms with Crippen LogP contribution in [0.2, 0.25) is 0 Å². The van der Waals surface area contributed by atoms with Crippen molar-refractivity contribution in [1.29, 1.82) is 0 Å². The molecule has 0 bridgehead atoms. The lowest BCUT2D eigenvalue weighted by molar-refractivity contribution is 0.294. The molecule has 0 amide bonds. The van der Waals surface area contributed by atoms with Gasteiger partial charge in [0.25, 0.3) is 0 Å². The first kappa shape index (κ1) is 16.5. The van der Waals surface area contributed by atoms with Gasteiger partial charge in [-0.25, -0.2) is 8.42 Å². The number of benzene rings is 1. The average Bonchev–Trinajstić information content (AvgIpc) is 2.47. The van der Waals surface area contributed by atoms with Crippen molar-refractivity contribution in [3.8, 4) is 0 Å². The maximum absolute atomic E-state index is 12.5. The number of rotatable bonds is 6. The number of oxime groups is 1. The molecular weight excluding hydrogens is 278 g/mol. The SMILES string of the molecule is CCC(C)[C@@H](/C(N)=N/O)N(C)S(=O)(=O)c1ccccc1. The first-order valence-electron chi connectivity index (χ1n) is 6.36. The molecule has 0 spiro atoms. The Balaban J connectivity index is 3.22. The highest BCUT2D eigenvalue weighted by Gasteiger charge is 2.33. The van der Waals surface area contributed by atoms with Crippen LogP contribution in [0.15, 0.2) is 40.4 Å². The van der Waals surface area contributed by atoms with E-state index in [0.29, 0.717) is 6.42 Å². The van der Waals surface area contributed by atoms with E-state index in [1.165, 1.54) is 19.2 Å². The number of hydrogen-bond acceptors (Lipinski definition) is 4. The minimum Gasteiger partial charge on any atom is -0.409 e. The highest BCUT2D eigenvalue weighted by atomic mass is 32.2. The number of hydrogen-bond donors (Lipinski definition) is 2. The summed E-state index contributed by atoms with van der Waals surface area (Å²) < 4.78 is 26.3. The Hall–Kier alpha value is -1.60. The van der Waals surface area contributed by atoms with E-state index < -0.39 is 16.1 Å². The zero-order valence-corrected chi connectivity index (χ0v) is 12.7. The summed E-state index contributed by atoms with van der Waals surface area (Å²) in [5.74, 6) is -0.184. The van der Waals surface area contributed by atoms with Crippen molar-refractivity contribution in [2.75, 3.05) is 7.05 Å². The van der Waals surface area contributed by atoms with Gasteiger partial charge in [-0.3, -0.25) is 0 Å². The van der Waals surface area contributed by atoms with Crippen LogP contribution in [-0.4, -0.2) is 36.9 Å². The summed E-state index contributed by atoms with van der Waals surface area (Å²) in [6.45, 7) is 3.78. The van der Waals surface area contributed by atoms with Crippen molar-refractivity contribution < 1.29 is 13.6 Å². The molecule has 0 saturated carbocycles. The van der Waals surface area contributed by atoms with Gasteiger partial charge in [-0.05, 0) is 18.1 Å². The van der Waals surface area contributed by atoms with E-state index >= 15 is 0 Å². The molecule has 20 heavy (non-hydrogen) atoms. The number of nitrogens with zero attached hydrogens (tertiary/aromatic N) is 2. The van der Waals surface area contributed by atoms with Gasteiger partial charge in [0, 0.05) is 7.05 Å². The van der Waals surface area contributed by atoms with Crippen LogP contribution in [0.5, 0.6) is 0 Å². The Bertz CT molecular complexity index is 557. The molecule has 1 unspecified atom stereocenters. The molecule has 0 aliphatic rings. The van der Waals surface area contributed by atoms with Crippen molar-refractivity contribution in [2.24, 2.45) is 16.8 Å². The predicted octanol–water partition coefficient (Wildman–Crippen LogP) is 1.47. The second kappa shape index (κ2) is 6.71. The molecule has 112 valence electrons. The van der Waals surface area contributed by atoms with Gasteiger partial charge in [-0.1, -0.05) is 43.6 Å². The van der Waals surface area contributed by atoms with Crippen LogP contribution in [0.3, 0.4) is 0 Å². The Morgan fingerprint density at radius 1 is 1.40 bits per heavy atom. The molecule has 1 aromatic rings. The molecule has 0 saturated heterocycles. The Labute approximate surface area is 119 Å². The van der Waals surface area contributed by atoms with Crippen LogP contribution in [0, 0.1) is 5.92 Å². The zero-order valence-electron chi connectivity index (χ0n) is 11.9. The second-order valence-corrected chi connectivity index (χ2v) is 6.69. The molecule has 2 atom stereocenters. The van der Waals surface area contributed by atoms with Crippen LogP contribution in [0.25, 0.3) is 0 Å². The van der Waals surface area contributed by atoms with E-state index in [1.807, 2.05) is 13.8 Å². The van der Waals surface area contributed by atoms with E-state index in [0.717, 1.165) is 4.31 Å². The van der Waals surface area contributed by atoms with Crippen molar-refractivity contribution in [3.63, 3.8) is 0 Å². The zero-order chi connectivity index (χ0) is 15.3. The fourth-order valence-electron chi connectivity index (χ4n) is 2.03. The van der Waals surface area contributed by atoms with E-state index in [2.05, 4.69) is 5.16 Å². The molecule has 6 nitrogen and oxygen atoms in total. The summed E-state index contributed by atoms with van der Waals surface area (Å²) in [4.78, 5) is 0.182. The summed E-state index contributed by atoms with van der Waals surface area (Å²) in [6, 6.07) is 7.41. The van der Waals surface area contributed by atoms with E-state index in [-0.39, 0.29) is 16.6 Å². The van der Waals surface area contributed by atoms with Crippen molar-refractivity contribution in [2.45, 2.75) is 31.2 Å². The van der Waals surface area contributed by atoms with Gasteiger partial charge in [0.2, 0.25) is 10.0 Å². The third-order valence-electron chi connectivity index (χ3n) is 3.41. The van der Waals surface area contributed by atoms with Gasteiger partial charge in [-0.2, -0.15) is 4.31 Å². The lowest BCUT2D eigenvalue weighted by Crippen LogP contribution is -2.49. The average molecular weight is 299 g/mol. The normalized spacial score (nSPS) is 16.1. The number of nitrogens with two attached hydrogens (primary N) is 1. The van der Waals surface area contributed by atoms with Crippen LogP contribution < -0.4 is 5.73 Å². The maximum atomic E-state index is 12.5. The van der Waals surface area contributed by atoms with Crippen molar-refractivity contribution >= 4 is 15.9 Å². The minimum absolute atomic E-state index is 0.0746. The third kappa shape index (κ3) is 3.29. The quantitative estimate of drug-likeness (QED) is 0.360. The number of amidine groups is 1. The second-order valence-electron chi connectivity index (χ2n) is 4.69. The van der Waals surface area contributed by atoms with Gasteiger partial charge in [0.05, 0.1) is 10.9 Å². The van der Waals surface area contributed by atoms with Gasteiger partial charge < -0.3 is 10.9 Å². The van der Waals surface area contributed by atoms with Crippen molar-refractivity contribution in [3.05, 3.63) is 30.3 Å². The first-order valence-corrected chi connectivity index (χ1v) is 7.80. The van der Waals surface area contributed by atoms with Crippen molar-refractivity contribution in [1.82, 2.24) is 4.31 Å². The van der Waals surface area contributed by atoms with Crippen LogP contribution in [0.1, 0.15) is 20.3 Å². The van der Waals surface area contributed by atoms with Gasteiger partial charge >= 0.3 is 0 Å². The Kier molecular flexibility index (Phi) is 5.52. The highest BCUT2D eigenvalue weighted by molar-refractivity contribution is 7.89. The number of likely N-dealkylation sites (N-methyl/N-ethyl adjacent to an activating group) is 1. The van der Waals surface area contributed by atoms with Crippen LogP contribution in [0.4, 0.5) is 0 Å². The molecule has 0 aliphatic carbocycles. The monoisotopic (exact) mass is 299 g/mol. The van der Waals surface area contributed by atoms with E-state index in [4.69, 9.17) is 10.9 Å². The van der Waals surface area contributed by atoms with E-state index in [1.54, 1.807) is 18.2 Å². The lowest BCUT2D eigenvalue weighted by Gasteiger charge is -2.30. The Morgan fingerprint density at radius 2 is 1.95 bits per heavy atom.